The van der Waals surface area contributed by atoms with Gasteiger partial charge in [0.05, 0.1) is 6.61 Å². The molecule has 4 aliphatic rings. The van der Waals surface area contributed by atoms with E-state index in [1.54, 1.807) is 32.6 Å². The highest BCUT2D eigenvalue weighted by Crippen LogP contribution is 2.61. The number of halogens is 2. The highest BCUT2D eigenvalue weighted by molar-refractivity contribution is 5.71. The standard InChI is InChI=1S/C18H21F2NO2.C8H15N.C4H7N2O.C3H7N.CH2O/c1-11-5-4-6-12(2)17(11)13-9-14(18(20)15(19)10-13)16(21-3)7-8-23-22;1-8(2)6-4-9(3)5-7(6)8;1-5-6(4-7)2-3-6;1-2-4-3-1;1-2/h4-6,9-10,16,21-22H,7-8H2,1-3H3;6-7H,4-5H2,1-3H3;2-5H,1H3;4H,1-3H2;1H2/q;;+1;;. The van der Waals surface area contributed by atoms with Crippen molar-refractivity contribution in [1.82, 2.24) is 21.0 Å². The summed E-state index contributed by atoms with van der Waals surface area (Å²) in [5.74, 6) is 0.299. The van der Waals surface area contributed by atoms with Gasteiger partial charge in [-0.25, -0.2) is 18.5 Å². The first-order valence-corrected chi connectivity index (χ1v) is 15.4. The van der Waals surface area contributed by atoms with Gasteiger partial charge >= 0.3 is 6.41 Å². The number of hydrogen-bond donors (Lipinski definition) is 4. The number of nitrogens with zero attached hydrogens (tertiary/aromatic N) is 2. The third-order valence-electron chi connectivity index (χ3n) is 9.09. The Hall–Kier alpha value is -2.90. The number of carbonyl (C=O) groups excluding carboxylic acids is 2. The van der Waals surface area contributed by atoms with Crippen LogP contribution in [0.25, 0.3) is 11.1 Å². The van der Waals surface area contributed by atoms with Crippen molar-refractivity contribution in [3.8, 4) is 11.1 Å². The molecule has 2 aromatic carbocycles. The molecule has 0 aromatic heterocycles. The van der Waals surface area contributed by atoms with Gasteiger partial charge in [0, 0.05) is 31.7 Å². The van der Waals surface area contributed by atoms with Gasteiger partial charge < -0.3 is 20.3 Å². The van der Waals surface area contributed by atoms with E-state index in [4.69, 9.17) is 10.1 Å². The maximum absolute atomic E-state index is 14.2. The fourth-order valence-electron chi connectivity index (χ4n) is 5.75. The second-order valence-electron chi connectivity index (χ2n) is 12.4. The van der Waals surface area contributed by atoms with Crippen molar-refractivity contribution in [2.75, 3.05) is 53.9 Å². The van der Waals surface area contributed by atoms with Crippen molar-refractivity contribution in [3.63, 3.8) is 0 Å². The van der Waals surface area contributed by atoms with Gasteiger partial charge in [0.2, 0.25) is 0 Å². The van der Waals surface area contributed by atoms with Gasteiger partial charge in [0.25, 0.3) is 0 Å². The molecule has 6 rings (SSSR count). The maximum Gasteiger partial charge on any atom is 0.330 e. The summed E-state index contributed by atoms with van der Waals surface area (Å²) >= 11 is 0. The van der Waals surface area contributed by atoms with Crippen LogP contribution in [0.4, 0.5) is 8.78 Å². The predicted octanol–water partition coefficient (Wildman–Crippen LogP) is 4.97. The highest BCUT2D eigenvalue weighted by atomic mass is 19.2. The number of benzene rings is 2. The minimum Gasteiger partial charge on any atom is -0.317 e. The van der Waals surface area contributed by atoms with E-state index < -0.39 is 17.7 Å². The van der Waals surface area contributed by atoms with Crippen LogP contribution in [0, 0.1) is 42.7 Å². The van der Waals surface area contributed by atoms with Crippen molar-refractivity contribution in [2.24, 2.45) is 17.3 Å². The molecule has 9 nitrogen and oxygen atoms in total. The minimum atomic E-state index is -0.884. The second kappa shape index (κ2) is 17.7. The van der Waals surface area contributed by atoms with Crippen LogP contribution in [0.15, 0.2) is 42.7 Å². The molecule has 1 amide bonds. The fourth-order valence-corrected chi connectivity index (χ4v) is 5.75. The molecule has 0 spiro atoms. The number of hydrogen-bond acceptors (Lipinski definition) is 8. The average Bonchev–Trinajstić information content (AvgIpc) is 3.82. The Morgan fingerprint density at radius 1 is 1.13 bits per heavy atom. The van der Waals surface area contributed by atoms with Gasteiger partial charge in [-0.1, -0.05) is 32.0 Å². The van der Waals surface area contributed by atoms with Crippen LogP contribution in [0.5, 0.6) is 0 Å². The normalized spacial score (nSPS) is 21.4. The van der Waals surface area contributed by atoms with Gasteiger partial charge in [-0.15, -0.1) is 4.59 Å². The summed E-state index contributed by atoms with van der Waals surface area (Å²) in [5.41, 5.74) is 7.23. The first kappa shape index (κ1) is 38.3. The zero-order chi connectivity index (χ0) is 33.8. The average molecular weight is 633 g/mol. The number of nitrogens with one attached hydrogen (secondary N) is 3. The van der Waals surface area contributed by atoms with Crippen LogP contribution in [0.1, 0.15) is 49.4 Å². The lowest BCUT2D eigenvalue weighted by Gasteiger charge is -2.19. The third kappa shape index (κ3) is 10.3. The summed E-state index contributed by atoms with van der Waals surface area (Å²) in [6.45, 7) is 15.9. The Morgan fingerprint density at radius 3 is 2.02 bits per heavy atom. The molecule has 1 saturated carbocycles. The Kier molecular flexibility index (Phi) is 15.1. The molecule has 3 atom stereocenters. The van der Waals surface area contributed by atoms with Crippen molar-refractivity contribution < 1.29 is 33.1 Å². The highest BCUT2D eigenvalue weighted by Gasteiger charge is 2.61. The van der Waals surface area contributed by atoms with Gasteiger partial charge in [-0.3, -0.25) is 5.26 Å². The SMILES string of the molecule is C1CNC1.C=O.CN1CC2C(C1)C2(C)C.CNC(CCOO)c1cc(-c2c(C)cccc2C)cc(F)c1F.CN[N+]1(C=O)C=C1. The number of carbonyl (C=O) groups is 2. The summed E-state index contributed by atoms with van der Waals surface area (Å²) in [7, 11) is 5.61. The maximum atomic E-state index is 14.2. The van der Waals surface area contributed by atoms with E-state index in [0.29, 0.717) is 17.4 Å². The van der Waals surface area contributed by atoms with E-state index in [9.17, 15) is 13.6 Å². The monoisotopic (exact) mass is 632 g/mol. The Balaban J connectivity index is 0.000000257. The molecule has 45 heavy (non-hydrogen) atoms. The van der Waals surface area contributed by atoms with E-state index in [2.05, 4.69) is 46.7 Å². The lowest BCUT2D eigenvalue weighted by molar-refractivity contribution is -0.725. The molecular formula is C34H52F2N5O4+. The molecule has 4 N–H and O–H groups in total. The summed E-state index contributed by atoms with van der Waals surface area (Å²) < 4.78 is 28.6. The summed E-state index contributed by atoms with van der Waals surface area (Å²) in [5, 5.41) is 14.5. The number of likely N-dealkylation sites (tertiary alicyclic amines) is 1. The largest absolute Gasteiger partial charge is 0.330 e. The first-order valence-electron chi connectivity index (χ1n) is 15.4. The number of amides is 1. The van der Waals surface area contributed by atoms with Crippen LogP contribution in [-0.2, 0) is 14.5 Å². The molecule has 0 radical (unpaired) electrons. The zero-order valence-corrected chi connectivity index (χ0v) is 27.8. The second-order valence-corrected chi connectivity index (χ2v) is 12.4. The topological polar surface area (TPSA) is 103 Å². The molecule has 3 aliphatic heterocycles. The molecule has 11 heteroatoms. The van der Waals surface area contributed by atoms with Gasteiger partial charge in [0.1, 0.15) is 6.79 Å². The van der Waals surface area contributed by atoms with Crippen LogP contribution in [-0.4, -0.2) is 81.9 Å². The summed E-state index contributed by atoms with van der Waals surface area (Å²) in [6.07, 6.45) is 6.04. The number of piperidine rings is 1. The van der Waals surface area contributed by atoms with Crippen molar-refractivity contribution in [1.29, 1.82) is 0 Å². The molecule has 250 valence electrons. The van der Waals surface area contributed by atoms with Crippen molar-refractivity contribution in [3.05, 3.63) is 71.1 Å². The fraction of sp³-hybridized carbons (Fsp3) is 0.529. The molecule has 2 saturated heterocycles. The Labute approximate surface area is 267 Å². The van der Waals surface area contributed by atoms with Gasteiger partial charge in [-0.05, 0) is 106 Å². The zero-order valence-electron chi connectivity index (χ0n) is 27.8. The van der Waals surface area contributed by atoms with Crippen molar-refractivity contribution >= 4 is 13.2 Å². The van der Waals surface area contributed by atoms with Gasteiger partial charge in [0.15, 0.2) is 24.0 Å². The smallest absolute Gasteiger partial charge is 0.317 e. The van der Waals surface area contributed by atoms with Gasteiger partial charge in [-0.2, -0.15) is 5.43 Å². The predicted molar refractivity (Wildman–Crippen MR) is 174 cm³/mol. The molecule has 0 bridgehead atoms. The summed E-state index contributed by atoms with van der Waals surface area (Å²) in [4.78, 5) is 24.5. The van der Waals surface area contributed by atoms with Crippen LogP contribution >= 0.6 is 0 Å². The van der Waals surface area contributed by atoms with E-state index >= 15 is 0 Å². The molecule has 3 fully saturated rings. The van der Waals surface area contributed by atoms with Crippen LogP contribution in [0.3, 0.4) is 0 Å². The molecule has 3 unspecified atom stereocenters. The lowest BCUT2D eigenvalue weighted by atomic mass is 9.92. The van der Waals surface area contributed by atoms with Crippen LogP contribution < -0.4 is 16.1 Å². The first-order chi connectivity index (χ1) is 21.4. The number of rotatable bonds is 8. The number of fused-ring (bicyclic) bond motifs is 1. The van der Waals surface area contributed by atoms with E-state index in [0.717, 1.165) is 34.9 Å². The Bertz CT molecular complexity index is 1230. The van der Waals surface area contributed by atoms with E-state index in [-0.39, 0.29) is 16.8 Å². The third-order valence-corrected chi connectivity index (χ3v) is 9.09. The van der Waals surface area contributed by atoms with Crippen LogP contribution in [0.2, 0.25) is 0 Å². The summed E-state index contributed by atoms with van der Waals surface area (Å²) in [6, 6.07) is 8.25. The van der Waals surface area contributed by atoms with Crippen molar-refractivity contribution in [2.45, 2.75) is 46.6 Å². The molecule has 3 heterocycles. The van der Waals surface area contributed by atoms with E-state index in [1.165, 1.54) is 38.7 Å². The number of aryl methyl sites for hydroxylation is 2. The minimum absolute atomic E-state index is 0.0280. The molecule has 2 aromatic rings. The van der Waals surface area contributed by atoms with E-state index in [1.807, 2.05) is 38.8 Å². The lowest BCUT2D eigenvalue weighted by Crippen LogP contribution is -2.35. The Morgan fingerprint density at radius 2 is 1.67 bits per heavy atom. The quantitative estimate of drug-likeness (QED) is 0.140. The number of quaternary nitrogens is 1. The molecular weight excluding hydrogens is 580 g/mol. The molecule has 1 aliphatic carbocycles.